The van der Waals surface area contributed by atoms with Crippen molar-refractivity contribution in [1.29, 1.82) is 0 Å². The summed E-state index contributed by atoms with van der Waals surface area (Å²) in [6, 6.07) is 6.26. The van der Waals surface area contributed by atoms with Crippen LogP contribution in [-0.4, -0.2) is 12.6 Å². The summed E-state index contributed by atoms with van der Waals surface area (Å²) < 4.78 is 13.4. The minimum absolute atomic E-state index is 0.247. The summed E-state index contributed by atoms with van der Waals surface area (Å²) in [5.41, 5.74) is 6.21. The van der Waals surface area contributed by atoms with Crippen molar-refractivity contribution >= 4 is 0 Å². The van der Waals surface area contributed by atoms with Gasteiger partial charge in [0.15, 0.2) is 0 Å². The van der Waals surface area contributed by atoms with Gasteiger partial charge in [0.2, 0.25) is 0 Å². The van der Waals surface area contributed by atoms with Crippen LogP contribution in [0.4, 0.5) is 4.39 Å². The topological polar surface area (TPSA) is 38.0 Å². The van der Waals surface area contributed by atoms with Crippen molar-refractivity contribution < 1.29 is 4.39 Å². The first-order valence-electron chi connectivity index (χ1n) is 4.68. The van der Waals surface area contributed by atoms with Crippen molar-refractivity contribution in [2.45, 2.75) is 25.4 Å². The van der Waals surface area contributed by atoms with E-state index in [1.807, 2.05) is 20.9 Å². The fraction of sp³-hybridized carbons (Fsp3) is 0.455. The van der Waals surface area contributed by atoms with Crippen LogP contribution in [-0.2, 0) is 0 Å². The quantitative estimate of drug-likeness (QED) is 0.774. The summed E-state index contributed by atoms with van der Waals surface area (Å²) in [6.45, 7) is 3.90. The first kappa shape index (κ1) is 11.1. The third kappa shape index (κ3) is 2.11. The first-order chi connectivity index (χ1) is 6.49. The zero-order valence-electron chi connectivity index (χ0n) is 8.84. The standard InChI is InChI=1S/C11H17FN2/c1-11(2,14-3)10(13)8-6-4-5-7-9(8)12/h4-7,10,14H,13H2,1-3H3. The highest BCUT2D eigenvalue weighted by Crippen LogP contribution is 2.24. The van der Waals surface area contributed by atoms with E-state index in [1.54, 1.807) is 18.2 Å². The van der Waals surface area contributed by atoms with Gasteiger partial charge in [0.25, 0.3) is 0 Å². The summed E-state index contributed by atoms with van der Waals surface area (Å²) in [7, 11) is 1.82. The van der Waals surface area contributed by atoms with E-state index in [9.17, 15) is 4.39 Å². The lowest BCUT2D eigenvalue weighted by molar-refractivity contribution is 0.341. The van der Waals surface area contributed by atoms with Crippen molar-refractivity contribution in [3.63, 3.8) is 0 Å². The summed E-state index contributed by atoms with van der Waals surface area (Å²) in [6.07, 6.45) is 0. The summed E-state index contributed by atoms with van der Waals surface area (Å²) in [5, 5.41) is 3.08. The van der Waals surface area contributed by atoms with Crippen molar-refractivity contribution in [3.05, 3.63) is 35.6 Å². The lowest BCUT2D eigenvalue weighted by Crippen LogP contribution is -2.46. The number of rotatable bonds is 3. The van der Waals surface area contributed by atoms with Gasteiger partial charge in [0, 0.05) is 11.1 Å². The number of benzene rings is 1. The molecular formula is C11H17FN2. The van der Waals surface area contributed by atoms with Crippen LogP contribution in [0.25, 0.3) is 0 Å². The molecule has 0 saturated heterocycles. The highest BCUT2D eigenvalue weighted by Gasteiger charge is 2.27. The van der Waals surface area contributed by atoms with E-state index in [-0.39, 0.29) is 17.4 Å². The van der Waals surface area contributed by atoms with Gasteiger partial charge in [0.05, 0.1) is 6.04 Å². The molecule has 3 heteroatoms. The normalized spacial score (nSPS) is 14.1. The Morgan fingerprint density at radius 2 is 1.93 bits per heavy atom. The molecule has 78 valence electrons. The molecule has 0 aromatic heterocycles. The Morgan fingerprint density at radius 1 is 1.36 bits per heavy atom. The maximum absolute atomic E-state index is 13.4. The molecule has 0 aliphatic rings. The second-order valence-electron chi connectivity index (χ2n) is 3.97. The van der Waals surface area contributed by atoms with E-state index in [0.29, 0.717) is 5.56 Å². The average Bonchev–Trinajstić information content (AvgIpc) is 2.17. The highest BCUT2D eigenvalue weighted by atomic mass is 19.1. The molecular weight excluding hydrogens is 179 g/mol. The van der Waals surface area contributed by atoms with Gasteiger partial charge in [-0.1, -0.05) is 18.2 Å². The van der Waals surface area contributed by atoms with Gasteiger partial charge in [-0.3, -0.25) is 0 Å². The molecule has 1 atom stereocenters. The second kappa shape index (κ2) is 4.07. The van der Waals surface area contributed by atoms with Crippen molar-refractivity contribution in [2.75, 3.05) is 7.05 Å². The molecule has 1 aromatic rings. The molecule has 0 radical (unpaired) electrons. The molecule has 1 aromatic carbocycles. The molecule has 3 N–H and O–H groups in total. The van der Waals surface area contributed by atoms with E-state index < -0.39 is 0 Å². The number of hydrogen-bond donors (Lipinski definition) is 2. The number of likely N-dealkylation sites (N-methyl/N-ethyl adjacent to an activating group) is 1. The Bertz CT molecular complexity index is 310. The van der Waals surface area contributed by atoms with Gasteiger partial charge in [-0.25, -0.2) is 4.39 Å². The predicted molar refractivity (Wildman–Crippen MR) is 56.5 cm³/mol. The molecule has 2 nitrogen and oxygen atoms in total. The predicted octanol–water partition coefficient (Wildman–Crippen LogP) is 1.82. The van der Waals surface area contributed by atoms with E-state index in [2.05, 4.69) is 5.32 Å². The van der Waals surface area contributed by atoms with Crippen LogP contribution in [0, 0.1) is 5.82 Å². The van der Waals surface area contributed by atoms with E-state index in [4.69, 9.17) is 5.73 Å². The van der Waals surface area contributed by atoms with E-state index >= 15 is 0 Å². The molecule has 14 heavy (non-hydrogen) atoms. The Labute approximate surface area is 84.3 Å². The van der Waals surface area contributed by atoms with Gasteiger partial charge in [-0.2, -0.15) is 0 Å². The summed E-state index contributed by atoms with van der Waals surface area (Å²) in [5.74, 6) is -0.247. The zero-order valence-corrected chi connectivity index (χ0v) is 8.84. The van der Waals surface area contributed by atoms with E-state index in [1.165, 1.54) is 6.07 Å². The maximum Gasteiger partial charge on any atom is 0.128 e. The van der Waals surface area contributed by atoms with Crippen LogP contribution < -0.4 is 11.1 Å². The minimum Gasteiger partial charge on any atom is -0.322 e. The smallest absolute Gasteiger partial charge is 0.128 e. The Balaban J connectivity index is 3.00. The largest absolute Gasteiger partial charge is 0.322 e. The molecule has 0 aliphatic heterocycles. The van der Waals surface area contributed by atoms with Gasteiger partial charge in [-0.05, 0) is 27.0 Å². The van der Waals surface area contributed by atoms with Gasteiger partial charge < -0.3 is 11.1 Å². The average molecular weight is 196 g/mol. The SMILES string of the molecule is CNC(C)(C)C(N)c1ccccc1F. The molecule has 0 fully saturated rings. The Morgan fingerprint density at radius 3 is 2.43 bits per heavy atom. The molecule has 0 saturated carbocycles. The second-order valence-corrected chi connectivity index (χ2v) is 3.97. The van der Waals surface area contributed by atoms with Gasteiger partial charge in [0.1, 0.15) is 5.82 Å². The number of halogens is 1. The van der Waals surface area contributed by atoms with Crippen LogP contribution in [0.2, 0.25) is 0 Å². The Hall–Kier alpha value is -0.930. The number of nitrogens with one attached hydrogen (secondary N) is 1. The van der Waals surface area contributed by atoms with Crippen molar-refractivity contribution in [3.8, 4) is 0 Å². The monoisotopic (exact) mass is 196 g/mol. The molecule has 0 heterocycles. The summed E-state index contributed by atoms with van der Waals surface area (Å²) in [4.78, 5) is 0. The molecule has 1 unspecified atom stereocenters. The zero-order chi connectivity index (χ0) is 10.8. The summed E-state index contributed by atoms with van der Waals surface area (Å²) >= 11 is 0. The Kier molecular flexibility index (Phi) is 3.24. The van der Waals surface area contributed by atoms with Crippen molar-refractivity contribution in [1.82, 2.24) is 5.32 Å². The van der Waals surface area contributed by atoms with Crippen LogP contribution in [0.1, 0.15) is 25.5 Å². The van der Waals surface area contributed by atoms with Crippen LogP contribution >= 0.6 is 0 Å². The van der Waals surface area contributed by atoms with Crippen LogP contribution in [0.15, 0.2) is 24.3 Å². The maximum atomic E-state index is 13.4. The third-order valence-corrected chi connectivity index (χ3v) is 2.66. The molecule has 1 rings (SSSR count). The lowest BCUT2D eigenvalue weighted by atomic mass is 9.89. The lowest BCUT2D eigenvalue weighted by Gasteiger charge is -2.31. The fourth-order valence-electron chi connectivity index (χ4n) is 1.27. The molecule has 0 amide bonds. The van der Waals surface area contributed by atoms with Crippen LogP contribution in [0.3, 0.4) is 0 Å². The van der Waals surface area contributed by atoms with Gasteiger partial charge in [-0.15, -0.1) is 0 Å². The van der Waals surface area contributed by atoms with Crippen LogP contribution in [0.5, 0.6) is 0 Å². The highest BCUT2D eigenvalue weighted by molar-refractivity contribution is 5.23. The molecule has 0 spiro atoms. The number of hydrogen-bond acceptors (Lipinski definition) is 2. The molecule has 0 aliphatic carbocycles. The fourth-order valence-corrected chi connectivity index (χ4v) is 1.27. The van der Waals surface area contributed by atoms with Gasteiger partial charge >= 0.3 is 0 Å². The number of nitrogens with two attached hydrogens (primary N) is 1. The minimum atomic E-state index is -0.353. The molecule has 0 bridgehead atoms. The first-order valence-corrected chi connectivity index (χ1v) is 4.68. The third-order valence-electron chi connectivity index (χ3n) is 2.66. The van der Waals surface area contributed by atoms with E-state index in [0.717, 1.165) is 0 Å². The van der Waals surface area contributed by atoms with Crippen molar-refractivity contribution in [2.24, 2.45) is 5.73 Å².